The van der Waals surface area contributed by atoms with Crippen LogP contribution < -0.4 is 15.0 Å². The predicted octanol–water partition coefficient (Wildman–Crippen LogP) is 0.873. The number of aromatic nitrogens is 2. The molecule has 14 heavy (non-hydrogen) atoms. The average molecular weight is 194 g/mol. The SMILES string of the molecule is COc1cc(OC)c2[nH][nH]c(=O)c2c1. The molecule has 2 N–H and O–H groups in total. The third-order valence-corrected chi connectivity index (χ3v) is 2.08. The van der Waals surface area contributed by atoms with Gasteiger partial charge in [-0.1, -0.05) is 0 Å². The van der Waals surface area contributed by atoms with E-state index in [9.17, 15) is 4.79 Å². The molecule has 1 aromatic carbocycles. The second kappa shape index (κ2) is 3.10. The van der Waals surface area contributed by atoms with Crippen LogP contribution in [0.2, 0.25) is 0 Å². The van der Waals surface area contributed by atoms with Crippen LogP contribution in [-0.4, -0.2) is 24.4 Å². The van der Waals surface area contributed by atoms with Gasteiger partial charge in [0.15, 0.2) is 0 Å². The lowest BCUT2D eigenvalue weighted by atomic mass is 10.2. The monoisotopic (exact) mass is 194 g/mol. The van der Waals surface area contributed by atoms with Gasteiger partial charge in [0.1, 0.15) is 17.0 Å². The Morgan fingerprint density at radius 2 is 1.93 bits per heavy atom. The van der Waals surface area contributed by atoms with Crippen LogP contribution in [0.15, 0.2) is 16.9 Å². The lowest BCUT2D eigenvalue weighted by molar-refractivity contribution is 0.397. The largest absolute Gasteiger partial charge is 0.497 e. The van der Waals surface area contributed by atoms with E-state index in [1.807, 2.05) is 0 Å². The van der Waals surface area contributed by atoms with Gasteiger partial charge in [-0.3, -0.25) is 15.0 Å². The summed E-state index contributed by atoms with van der Waals surface area (Å²) in [6.45, 7) is 0. The number of hydrogen-bond acceptors (Lipinski definition) is 3. The smallest absolute Gasteiger partial charge is 0.272 e. The highest BCUT2D eigenvalue weighted by Gasteiger charge is 2.08. The number of fused-ring (bicyclic) bond motifs is 1. The van der Waals surface area contributed by atoms with E-state index in [1.54, 1.807) is 26.4 Å². The summed E-state index contributed by atoms with van der Waals surface area (Å²) >= 11 is 0. The number of aromatic amines is 2. The van der Waals surface area contributed by atoms with Gasteiger partial charge in [-0.2, -0.15) is 0 Å². The van der Waals surface area contributed by atoms with E-state index >= 15 is 0 Å². The van der Waals surface area contributed by atoms with Crippen molar-refractivity contribution in [3.63, 3.8) is 0 Å². The van der Waals surface area contributed by atoms with Crippen molar-refractivity contribution in [3.05, 3.63) is 22.5 Å². The number of nitrogens with one attached hydrogen (secondary N) is 2. The molecule has 0 radical (unpaired) electrons. The Balaban J connectivity index is 2.82. The van der Waals surface area contributed by atoms with Crippen molar-refractivity contribution >= 4 is 10.9 Å². The molecule has 2 aromatic rings. The zero-order chi connectivity index (χ0) is 10.1. The molecule has 0 atom stereocenters. The van der Waals surface area contributed by atoms with Gasteiger partial charge in [0.25, 0.3) is 5.56 Å². The van der Waals surface area contributed by atoms with Crippen LogP contribution in [0.3, 0.4) is 0 Å². The lowest BCUT2D eigenvalue weighted by Crippen LogP contribution is -1.97. The molecule has 0 spiro atoms. The number of hydrogen-bond donors (Lipinski definition) is 2. The molecule has 5 heteroatoms. The Hall–Kier alpha value is -1.91. The van der Waals surface area contributed by atoms with Crippen molar-refractivity contribution in [2.24, 2.45) is 0 Å². The third kappa shape index (κ3) is 1.14. The highest BCUT2D eigenvalue weighted by atomic mass is 16.5. The molecule has 2 rings (SSSR count). The van der Waals surface area contributed by atoms with Gasteiger partial charge in [0.05, 0.1) is 19.6 Å². The summed E-state index contributed by atoms with van der Waals surface area (Å²) in [7, 11) is 3.08. The fourth-order valence-corrected chi connectivity index (χ4v) is 1.36. The summed E-state index contributed by atoms with van der Waals surface area (Å²) in [5, 5.41) is 5.76. The molecule has 0 saturated heterocycles. The van der Waals surface area contributed by atoms with Crippen LogP contribution in [0.4, 0.5) is 0 Å². The number of rotatable bonds is 2. The lowest BCUT2D eigenvalue weighted by Gasteiger charge is -2.04. The molecule has 5 nitrogen and oxygen atoms in total. The normalized spacial score (nSPS) is 10.4. The van der Waals surface area contributed by atoms with Crippen LogP contribution in [0.1, 0.15) is 0 Å². The fraction of sp³-hybridized carbons (Fsp3) is 0.222. The molecule has 0 amide bonds. The summed E-state index contributed by atoms with van der Waals surface area (Å²) in [4.78, 5) is 11.3. The zero-order valence-electron chi connectivity index (χ0n) is 7.88. The first-order valence-corrected chi connectivity index (χ1v) is 4.08. The van der Waals surface area contributed by atoms with Crippen molar-refractivity contribution in [2.75, 3.05) is 14.2 Å². The van der Waals surface area contributed by atoms with Crippen LogP contribution in [-0.2, 0) is 0 Å². The topological polar surface area (TPSA) is 67.1 Å². The van der Waals surface area contributed by atoms with Gasteiger partial charge in [0.2, 0.25) is 0 Å². The molecule has 0 aliphatic carbocycles. The van der Waals surface area contributed by atoms with Crippen molar-refractivity contribution < 1.29 is 9.47 Å². The molecule has 1 heterocycles. The summed E-state index contributed by atoms with van der Waals surface area (Å²) in [5.74, 6) is 1.18. The Morgan fingerprint density at radius 3 is 2.57 bits per heavy atom. The van der Waals surface area contributed by atoms with Gasteiger partial charge < -0.3 is 9.47 Å². The second-order valence-electron chi connectivity index (χ2n) is 2.83. The van der Waals surface area contributed by atoms with E-state index < -0.39 is 0 Å². The predicted molar refractivity (Wildman–Crippen MR) is 52.0 cm³/mol. The van der Waals surface area contributed by atoms with E-state index in [4.69, 9.17) is 9.47 Å². The molecule has 1 aromatic heterocycles. The van der Waals surface area contributed by atoms with Crippen molar-refractivity contribution in [1.82, 2.24) is 10.2 Å². The van der Waals surface area contributed by atoms with E-state index in [2.05, 4.69) is 10.2 Å². The molecule has 0 aliphatic heterocycles. The van der Waals surface area contributed by atoms with E-state index in [0.717, 1.165) is 0 Å². The van der Waals surface area contributed by atoms with E-state index in [-0.39, 0.29) is 5.56 Å². The van der Waals surface area contributed by atoms with Gasteiger partial charge in [-0.05, 0) is 6.07 Å². The van der Waals surface area contributed by atoms with Gasteiger partial charge >= 0.3 is 0 Å². The molecule has 0 saturated carbocycles. The van der Waals surface area contributed by atoms with Crippen LogP contribution in [0, 0.1) is 0 Å². The van der Waals surface area contributed by atoms with Crippen LogP contribution in [0.5, 0.6) is 11.5 Å². The van der Waals surface area contributed by atoms with E-state index in [1.165, 1.54) is 0 Å². The quantitative estimate of drug-likeness (QED) is 0.745. The number of methoxy groups -OCH3 is 2. The Labute approximate surface area is 79.6 Å². The number of benzene rings is 1. The Kier molecular flexibility index (Phi) is 1.92. The minimum absolute atomic E-state index is 0.183. The van der Waals surface area contributed by atoms with Crippen LogP contribution in [0.25, 0.3) is 10.9 Å². The molecule has 0 fully saturated rings. The fourth-order valence-electron chi connectivity index (χ4n) is 1.36. The van der Waals surface area contributed by atoms with Crippen molar-refractivity contribution in [1.29, 1.82) is 0 Å². The molecule has 0 aliphatic rings. The summed E-state index contributed by atoms with van der Waals surface area (Å²) in [5.41, 5.74) is 0.468. The second-order valence-corrected chi connectivity index (χ2v) is 2.83. The highest BCUT2D eigenvalue weighted by Crippen LogP contribution is 2.27. The maximum absolute atomic E-state index is 11.3. The maximum Gasteiger partial charge on any atom is 0.272 e. The summed E-state index contributed by atoms with van der Waals surface area (Å²) < 4.78 is 10.2. The first-order chi connectivity index (χ1) is 6.76. The van der Waals surface area contributed by atoms with Gasteiger partial charge in [-0.25, -0.2) is 0 Å². The summed E-state index contributed by atoms with van der Waals surface area (Å²) in [6, 6.07) is 3.37. The minimum atomic E-state index is -0.183. The number of H-pyrrole nitrogens is 2. The Bertz CT molecular complexity index is 512. The highest BCUT2D eigenvalue weighted by molar-refractivity contribution is 5.85. The minimum Gasteiger partial charge on any atom is -0.497 e. The average Bonchev–Trinajstić information content (AvgIpc) is 2.59. The maximum atomic E-state index is 11.3. The standard InChI is InChI=1S/C9H10N2O3/c1-13-5-3-6-8(7(4-5)14-2)10-11-9(6)12/h3-4H,1-2H3,(H2,10,11,12). The van der Waals surface area contributed by atoms with Gasteiger partial charge in [-0.15, -0.1) is 0 Å². The third-order valence-electron chi connectivity index (χ3n) is 2.08. The Morgan fingerprint density at radius 1 is 1.14 bits per heavy atom. The first kappa shape index (κ1) is 8.68. The molecule has 0 bridgehead atoms. The van der Waals surface area contributed by atoms with Crippen molar-refractivity contribution in [2.45, 2.75) is 0 Å². The molecular formula is C9H10N2O3. The van der Waals surface area contributed by atoms with Crippen molar-refractivity contribution in [3.8, 4) is 11.5 Å². The molecule has 74 valence electrons. The van der Waals surface area contributed by atoms with E-state index in [0.29, 0.717) is 22.4 Å². The van der Waals surface area contributed by atoms with Crippen LogP contribution >= 0.6 is 0 Å². The first-order valence-electron chi connectivity index (χ1n) is 4.08. The zero-order valence-corrected chi connectivity index (χ0v) is 7.88. The summed E-state index contributed by atoms with van der Waals surface area (Å²) in [6.07, 6.45) is 0. The molecule has 0 unspecified atom stereocenters. The number of ether oxygens (including phenoxy) is 2. The molecular weight excluding hydrogens is 184 g/mol. The van der Waals surface area contributed by atoms with Gasteiger partial charge in [0, 0.05) is 6.07 Å².